The number of nitrogens with one attached hydrogen (secondary N) is 2. The van der Waals surface area contributed by atoms with Gasteiger partial charge in [0.1, 0.15) is 5.56 Å². The van der Waals surface area contributed by atoms with Crippen LogP contribution in [-0.2, 0) is 0 Å². The average molecular weight is 426 g/mol. The van der Waals surface area contributed by atoms with Gasteiger partial charge in [-0.2, -0.15) is 18.2 Å². The van der Waals surface area contributed by atoms with Gasteiger partial charge in [0.2, 0.25) is 11.7 Å². The van der Waals surface area contributed by atoms with Crippen molar-refractivity contribution in [2.75, 3.05) is 19.0 Å². The van der Waals surface area contributed by atoms with Gasteiger partial charge in [0.25, 0.3) is 12.3 Å². The van der Waals surface area contributed by atoms with Crippen LogP contribution in [0.3, 0.4) is 0 Å². The second-order valence-corrected chi connectivity index (χ2v) is 6.48. The molecule has 1 fully saturated rings. The summed E-state index contributed by atoms with van der Waals surface area (Å²) in [5.74, 6) is -3.18. The zero-order valence-electron chi connectivity index (χ0n) is 15.3. The molecule has 2 rings (SSSR count). The molecule has 0 radical (unpaired) electrons. The molecule has 13 heteroatoms. The number of alkyl halides is 5. The van der Waals surface area contributed by atoms with Crippen molar-refractivity contribution in [2.45, 2.75) is 44.3 Å². The highest BCUT2D eigenvalue weighted by molar-refractivity contribution is 5.97. The van der Waals surface area contributed by atoms with Crippen LogP contribution in [0, 0.1) is 16.0 Å². The predicted molar refractivity (Wildman–Crippen MR) is 91.2 cm³/mol. The molecule has 29 heavy (non-hydrogen) atoms. The molecule has 0 spiro atoms. The largest absolute Gasteiger partial charge is 0.471 e. The highest BCUT2D eigenvalue weighted by Crippen LogP contribution is 2.37. The third kappa shape index (κ3) is 5.87. The van der Waals surface area contributed by atoms with Crippen molar-refractivity contribution in [1.82, 2.24) is 10.3 Å². The molecule has 1 aliphatic rings. The van der Waals surface area contributed by atoms with E-state index < -0.39 is 59.1 Å². The Labute approximate surface area is 162 Å². The number of nitrogens with zero attached hydrogens (tertiary/aromatic N) is 2. The summed E-state index contributed by atoms with van der Waals surface area (Å²) in [6, 6.07) is 0.239. The predicted octanol–water partition coefficient (Wildman–Crippen LogP) is 3.53. The van der Waals surface area contributed by atoms with Crippen LogP contribution in [-0.4, -0.2) is 48.1 Å². The highest BCUT2D eigenvalue weighted by Gasteiger charge is 2.41. The highest BCUT2D eigenvalue weighted by atomic mass is 19.4. The third-order valence-corrected chi connectivity index (χ3v) is 4.52. The molecule has 1 aromatic rings. The first-order valence-corrected chi connectivity index (χ1v) is 8.68. The summed E-state index contributed by atoms with van der Waals surface area (Å²) in [7, 11) is 1.31. The Bertz CT molecular complexity index is 752. The lowest BCUT2D eigenvalue weighted by molar-refractivity contribution is -0.384. The van der Waals surface area contributed by atoms with Crippen LogP contribution in [0.1, 0.15) is 36.0 Å². The molecule has 2 N–H and O–H groups in total. The summed E-state index contributed by atoms with van der Waals surface area (Å²) in [5.41, 5.74) is -1.03. The van der Waals surface area contributed by atoms with Crippen LogP contribution >= 0.6 is 0 Å². The van der Waals surface area contributed by atoms with E-state index in [1.807, 2.05) is 0 Å². The molecular weight excluding hydrogens is 407 g/mol. The minimum absolute atomic E-state index is 0.0628. The molecule has 0 atom stereocenters. The van der Waals surface area contributed by atoms with Gasteiger partial charge < -0.3 is 15.4 Å². The van der Waals surface area contributed by atoms with Gasteiger partial charge in [0, 0.05) is 19.2 Å². The monoisotopic (exact) mass is 426 g/mol. The lowest BCUT2D eigenvalue weighted by Gasteiger charge is -2.30. The first-order valence-electron chi connectivity index (χ1n) is 8.68. The van der Waals surface area contributed by atoms with Crippen LogP contribution in [0.5, 0.6) is 5.88 Å². The van der Waals surface area contributed by atoms with E-state index in [-0.39, 0.29) is 31.5 Å². The van der Waals surface area contributed by atoms with E-state index in [0.717, 1.165) is 6.07 Å². The molecule has 1 amide bonds. The summed E-state index contributed by atoms with van der Waals surface area (Å²) < 4.78 is 68.0. The maximum absolute atomic E-state index is 12.7. The molecule has 0 unspecified atom stereocenters. The van der Waals surface area contributed by atoms with Crippen LogP contribution in [0.4, 0.5) is 33.5 Å². The van der Waals surface area contributed by atoms with Crippen molar-refractivity contribution in [1.29, 1.82) is 0 Å². The number of anilines is 1. The van der Waals surface area contributed by atoms with Gasteiger partial charge in [0.05, 0.1) is 10.8 Å². The maximum atomic E-state index is 12.7. The van der Waals surface area contributed by atoms with E-state index in [2.05, 4.69) is 15.6 Å². The second-order valence-electron chi connectivity index (χ2n) is 6.48. The Morgan fingerprint density at radius 3 is 2.45 bits per heavy atom. The van der Waals surface area contributed by atoms with E-state index in [0.29, 0.717) is 0 Å². The molecular formula is C16H19F5N4O4. The number of rotatable bonds is 7. The lowest BCUT2D eigenvalue weighted by Crippen LogP contribution is -2.40. The fraction of sp³-hybridized carbons (Fsp3) is 0.625. The van der Waals surface area contributed by atoms with E-state index >= 15 is 0 Å². The molecule has 1 aromatic heterocycles. The summed E-state index contributed by atoms with van der Waals surface area (Å²) >= 11 is 0. The minimum atomic E-state index is -4.31. The van der Waals surface area contributed by atoms with Gasteiger partial charge in [-0.05, 0) is 25.7 Å². The van der Waals surface area contributed by atoms with Crippen molar-refractivity contribution in [3.63, 3.8) is 0 Å². The normalized spacial score (nSPS) is 19.7. The maximum Gasteiger partial charge on any atom is 0.391 e. The fourth-order valence-corrected chi connectivity index (χ4v) is 3.05. The molecule has 0 aromatic carbocycles. The van der Waals surface area contributed by atoms with Gasteiger partial charge in [-0.1, -0.05) is 0 Å². The van der Waals surface area contributed by atoms with Gasteiger partial charge in [-0.15, -0.1) is 0 Å². The number of amides is 1. The van der Waals surface area contributed by atoms with Crippen molar-refractivity contribution in [2.24, 2.45) is 5.92 Å². The summed E-state index contributed by atoms with van der Waals surface area (Å²) in [6.45, 7) is -1.09. The van der Waals surface area contributed by atoms with Crippen LogP contribution in [0.25, 0.3) is 0 Å². The number of hydrogen-bond acceptors (Lipinski definition) is 6. The van der Waals surface area contributed by atoms with Crippen LogP contribution in [0.2, 0.25) is 0 Å². The Balaban J connectivity index is 2.21. The second kappa shape index (κ2) is 9.18. The fourth-order valence-electron chi connectivity index (χ4n) is 3.05. The Morgan fingerprint density at radius 2 is 1.97 bits per heavy atom. The number of aromatic nitrogens is 1. The Kier molecular flexibility index (Phi) is 7.14. The molecule has 1 aliphatic carbocycles. The number of nitro groups is 1. The van der Waals surface area contributed by atoms with Crippen molar-refractivity contribution >= 4 is 17.4 Å². The summed E-state index contributed by atoms with van der Waals surface area (Å²) in [5, 5.41) is 16.1. The number of ether oxygens (including phenoxy) is 1. The quantitative estimate of drug-likeness (QED) is 0.393. The van der Waals surface area contributed by atoms with E-state index in [9.17, 15) is 36.9 Å². The summed E-state index contributed by atoms with van der Waals surface area (Å²) in [6.07, 6.45) is -7.39. The van der Waals surface area contributed by atoms with Gasteiger partial charge in [-0.3, -0.25) is 14.9 Å². The first kappa shape index (κ1) is 22.6. The van der Waals surface area contributed by atoms with Gasteiger partial charge >= 0.3 is 11.9 Å². The first-order chi connectivity index (χ1) is 13.5. The topological polar surface area (TPSA) is 106 Å². The van der Waals surface area contributed by atoms with Crippen molar-refractivity contribution in [3.05, 3.63) is 21.7 Å². The number of carbonyl (C=O) groups is 1. The van der Waals surface area contributed by atoms with Crippen LogP contribution < -0.4 is 15.4 Å². The lowest BCUT2D eigenvalue weighted by atomic mass is 9.85. The number of pyridine rings is 1. The molecule has 1 heterocycles. The number of hydrogen-bond donors (Lipinski definition) is 2. The van der Waals surface area contributed by atoms with Gasteiger partial charge in [-0.25, -0.2) is 8.78 Å². The Morgan fingerprint density at radius 1 is 1.34 bits per heavy atom. The van der Waals surface area contributed by atoms with Crippen LogP contribution in [0.15, 0.2) is 6.07 Å². The zero-order chi connectivity index (χ0) is 21.8. The Hall–Kier alpha value is -2.73. The smallest absolute Gasteiger partial charge is 0.391 e. The zero-order valence-corrected chi connectivity index (χ0v) is 15.3. The van der Waals surface area contributed by atoms with Crippen molar-refractivity contribution in [3.8, 4) is 5.88 Å². The van der Waals surface area contributed by atoms with Crippen molar-refractivity contribution < 1.29 is 36.4 Å². The molecule has 1 saturated carbocycles. The molecule has 0 aliphatic heterocycles. The SMILES string of the molecule is CNc1nc(OCC(F)F)c(C(=O)NC2CCC(C(F)(F)F)CC2)cc1[N+](=O)[O-]. The van der Waals surface area contributed by atoms with Gasteiger partial charge in [0.15, 0.2) is 6.61 Å². The molecule has 8 nitrogen and oxygen atoms in total. The summed E-state index contributed by atoms with van der Waals surface area (Å²) in [4.78, 5) is 26.6. The minimum Gasteiger partial charge on any atom is -0.471 e. The molecule has 0 bridgehead atoms. The molecule has 162 valence electrons. The van der Waals surface area contributed by atoms with E-state index in [4.69, 9.17) is 4.74 Å². The number of carbonyl (C=O) groups excluding carboxylic acids is 1. The van der Waals surface area contributed by atoms with E-state index in [1.54, 1.807) is 0 Å². The standard InChI is InChI=1S/C16H19F5N4O4/c1-22-13-11(25(27)28)6-10(15(24-13)29-7-12(17)18)14(26)23-9-4-2-8(3-5-9)16(19,20)21/h6,8-9,12H,2-5,7H2,1H3,(H,22,24)(H,23,26). The number of halogens is 5. The average Bonchev–Trinajstić information content (AvgIpc) is 2.65. The van der Waals surface area contributed by atoms with E-state index in [1.165, 1.54) is 7.05 Å². The molecule has 0 saturated heterocycles. The third-order valence-electron chi connectivity index (χ3n) is 4.52.